The van der Waals surface area contributed by atoms with Crippen molar-refractivity contribution in [2.45, 2.75) is 0 Å². The van der Waals surface area contributed by atoms with Crippen LogP contribution in [-0.4, -0.2) is 0 Å². The molecule has 0 heterocycles. The molecule has 0 saturated carbocycles. The molecular formula is CCl3Cu. The Kier molecular flexibility index (Phi) is 10.4. The van der Waals surface area contributed by atoms with E-state index in [1.807, 2.05) is 0 Å². The van der Waals surface area contributed by atoms with Gasteiger partial charge in [-0.15, -0.1) is 0 Å². The average molecular weight is 182 g/mol. The number of hydrogen-bond donors (Lipinski definition) is 0. The summed E-state index contributed by atoms with van der Waals surface area (Å²) in [6.45, 7) is 0. The maximum absolute atomic E-state index is 4.72. The molecule has 0 amide bonds. The van der Waals surface area contributed by atoms with Gasteiger partial charge in [0.1, 0.15) is 0 Å². The van der Waals surface area contributed by atoms with Crippen LogP contribution in [0.2, 0.25) is 0 Å². The zero-order valence-electron chi connectivity index (χ0n) is 1.94. The summed E-state index contributed by atoms with van der Waals surface area (Å²) in [6, 6.07) is 0. The third-order valence-corrected chi connectivity index (χ3v) is 0. The van der Waals surface area contributed by atoms with Crippen LogP contribution >= 0.6 is 34.8 Å². The van der Waals surface area contributed by atoms with Crippen molar-refractivity contribution in [1.82, 2.24) is 0 Å². The van der Waals surface area contributed by atoms with Crippen molar-refractivity contribution in [2.24, 2.45) is 0 Å². The number of halogens is 3. The summed E-state index contributed by atoms with van der Waals surface area (Å²) in [5.41, 5.74) is 0. The minimum atomic E-state index is -0.167. The van der Waals surface area contributed by atoms with E-state index in [2.05, 4.69) is 0 Å². The molecule has 36 valence electrons. The van der Waals surface area contributed by atoms with E-state index in [0.29, 0.717) is 0 Å². The molecule has 0 N–H and O–H groups in total. The van der Waals surface area contributed by atoms with Crippen molar-refractivity contribution in [1.29, 1.82) is 0 Å². The molecule has 0 bridgehead atoms. The van der Waals surface area contributed by atoms with Gasteiger partial charge < -0.3 is 34.8 Å². The van der Waals surface area contributed by atoms with Crippen LogP contribution in [-0.2, 0) is 17.1 Å². The van der Waals surface area contributed by atoms with Gasteiger partial charge in [-0.3, -0.25) is 0 Å². The Morgan fingerprint density at radius 2 is 1.00 bits per heavy atom. The molecule has 0 aromatic rings. The van der Waals surface area contributed by atoms with Gasteiger partial charge in [0.2, 0.25) is 0 Å². The quantitative estimate of drug-likeness (QED) is 0.397. The Morgan fingerprint density at radius 1 is 1.00 bits per heavy atom. The molecule has 5 heavy (non-hydrogen) atoms. The second-order valence-electron chi connectivity index (χ2n) is 0.214. The first kappa shape index (κ1) is 9.63. The van der Waals surface area contributed by atoms with Gasteiger partial charge in [-0.05, 0) is 0 Å². The third kappa shape index (κ3) is 32.1. The minimum absolute atomic E-state index is 0. The van der Waals surface area contributed by atoms with Crippen LogP contribution in [0.3, 0.4) is 0 Å². The Hall–Kier alpha value is 1.39. The Balaban J connectivity index is 0. The van der Waals surface area contributed by atoms with Gasteiger partial charge in [0.15, 0.2) is 0 Å². The molecule has 0 nitrogen and oxygen atoms in total. The molecule has 0 atom stereocenters. The van der Waals surface area contributed by atoms with Crippen LogP contribution in [0.5, 0.6) is 0 Å². The van der Waals surface area contributed by atoms with Crippen LogP contribution in [0.15, 0.2) is 0 Å². The van der Waals surface area contributed by atoms with Crippen molar-refractivity contribution in [3.05, 3.63) is 4.30 Å². The first-order valence-corrected chi connectivity index (χ1v) is 1.70. The van der Waals surface area contributed by atoms with Gasteiger partial charge in [-0.25, -0.2) is 0 Å². The Labute approximate surface area is 56.2 Å². The smallest absolute Gasteiger partial charge is 0.312 e. The van der Waals surface area contributed by atoms with E-state index in [9.17, 15) is 0 Å². The first-order valence-electron chi connectivity index (χ1n) is 0.567. The van der Waals surface area contributed by atoms with Gasteiger partial charge in [-0.2, -0.15) is 0 Å². The molecule has 0 saturated heterocycles. The summed E-state index contributed by atoms with van der Waals surface area (Å²) in [5.74, 6) is 0. The zero-order chi connectivity index (χ0) is 3.58. The molecule has 0 unspecified atom stereocenters. The normalized spacial score (nSPS) is 7.20. The maximum atomic E-state index is 4.72. The third-order valence-electron chi connectivity index (χ3n) is 0. The van der Waals surface area contributed by atoms with Gasteiger partial charge in [0, 0.05) is 0 Å². The van der Waals surface area contributed by atoms with E-state index >= 15 is 0 Å². The van der Waals surface area contributed by atoms with Crippen LogP contribution in [0.4, 0.5) is 0 Å². The fourth-order valence-electron chi connectivity index (χ4n) is 0. The average Bonchev–Trinajstić information content (AvgIpc) is 0.811. The predicted octanol–water partition coefficient (Wildman–Crippen LogP) is 2.15. The SMILES string of the molecule is Cl[C-](Cl)Cl.[Cu+]. The molecule has 0 fully saturated rings. The molecule has 0 rings (SSSR count). The van der Waals surface area contributed by atoms with Crippen molar-refractivity contribution in [3.8, 4) is 0 Å². The Bertz CT molecular complexity index is 11.6. The van der Waals surface area contributed by atoms with Crippen LogP contribution in [0.1, 0.15) is 0 Å². The van der Waals surface area contributed by atoms with Gasteiger partial charge in [-0.1, -0.05) is 4.30 Å². The summed E-state index contributed by atoms with van der Waals surface area (Å²) in [6.07, 6.45) is 0. The van der Waals surface area contributed by atoms with Crippen LogP contribution in [0, 0.1) is 4.30 Å². The topological polar surface area (TPSA) is 0 Å². The van der Waals surface area contributed by atoms with Gasteiger partial charge in [0.05, 0.1) is 0 Å². The van der Waals surface area contributed by atoms with Crippen molar-refractivity contribution < 1.29 is 17.1 Å². The molecule has 0 aromatic heterocycles. The molecular weight excluding hydrogens is 182 g/mol. The molecule has 0 spiro atoms. The first-order chi connectivity index (χ1) is 1.73. The molecule has 4 heteroatoms. The van der Waals surface area contributed by atoms with E-state index in [-0.39, 0.29) is 21.4 Å². The minimum Gasteiger partial charge on any atom is -0.312 e. The maximum Gasteiger partial charge on any atom is 1.00 e. The second kappa shape index (κ2) is 5.39. The number of hydrogen-bond acceptors (Lipinski definition) is 0. The largest absolute Gasteiger partial charge is 1.00 e. The molecule has 0 radical (unpaired) electrons. The summed E-state index contributed by atoms with van der Waals surface area (Å²) in [5, 5.41) is 0. The van der Waals surface area contributed by atoms with E-state index < -0.39 is 0 Å². The fourth-order valence-corrected chi connectivity index (χ4v) is 0. The fraction of sp³-hybridized carbons (Fsp3) is 0. The standard InChI is InChI=1S/CCl3.Cu/c2-1(3)4;/q-1;+1. The summed E-state index contributed by atoms with van der Waals surface area (Å²) >= 11 is 14.2. The molecule has 0 aromatic carbocycles. The van der Waals surface area contributed by atoms with E-state index in [0.717, 1.165) is 0 Å². The second-order valence-corrected chi connectivity index (χ2v) is 1.93. The Morgan fingerprint density at radius 3 is 1.00 bits per heavy atom. The summed E-state index contributed by atoms with van der Waals surface area (Å²) in [7, 11) is 0. The molecule has 0 aliphatic carbocycles. The van der Waals surface area contributed by atoms with Crippen molar-refractivity contribution >= 4 is 34.8 Å². The van der Waals surface area contributed by atoms with Gasteiger partial charge >= 0.3 is 17.1 Å². The monoisotopic (exact) mass is 180 g/mol. The van der Waals surface area contributed by atoms with E-state index in [1.54, 1.807) is 0 Å². The van der Waals surface area contributed by atoms with Crippen LogP contribution in [0.25, 0.3) is 0 Å². The van der Waals surface area contributed by atoms with Crippen LogP contribution < -0.4 is 0 Å². The van der Waals surface area contributed by atoms with Crippen molar-refractivity contribution in [2.75, 3.05) is 0 Å². The number of rotatable bonds is 0. The summed E-state index contributed by atoms with van der Waals surface area (Å²) in [4.78, 5) is 0. The molecule has 0 aliphatic heterocycles. The van der Waals surface area contributed by atoms with E-state index in [4.69, 9.17) is 34.8 Å². The van der Waals surface area contributed by atoms with Crippen molar-refractivity contribution in [3.63, 3.8) is 0 Å². The molecule has 0 aliphatic rings. The summed E-state index contributed by atoms with van der Waals surface area (Å²) < 4.78 is -0.167. The zero-order valence-corrected chi connectivity index (χ0v) is 5.14. The van der Waals surface area contributed by atoms with Gasteiger partial charge in [0.25, 0.3) is 0 Å². The van der Waals surface area contributed by atoms with E-state index in [1.165, 1.54) is 0 Å². The predicted molar refractivity (Wildman–Crippen MR) is 20.8 cm³/mol.